The first-order chi connectivity index (χ1) is 5.65. The molecule has 5 heteroatoms. The summed E-state index contributed by atoms with van der Waals surface area (Å²) in [5.74, 6) is 0. The number of nitrogens with one attached hydrogen (secondary N) is 1. The molecule has 0 aliphatic carbocycles. The van der Waals surface area contributed by atoms with Gasteiger partial charge in [0.1, 0.15) is 6.29 Å². The molecule has 1 aromatic rings. The lowest BCUT2D eigenvalue weighted by Gasteiger charge is -1.98. The van der Waals surface area contributed by atoms with Gasteiger partial charge in [0.2, 0.25) is 0 Å². The fraction of sp³-hybridized carbons (Fsp3) is 0.286. The third-order valence-corrected chi connectivity index (χ3v) is 1.46. The second-order valence-corrected chi connectivity index (χ2v) is 2.39. The summed E-state index contributed by atoms with van der Waals surface area (Å²) in [6.07, 6.45) is 1.95. The van der Waals surface area contributed by atoms with Gasteiger partial charge in [-0.3, -0.25) is 14.3 Å². The Bertz CT molecular complexity index is 402. The van der Waals surface area contributed by atoms with Crippen molar-refractivity contribution in [1.82, 2.24) is 9.55 Å². The van der Waals surface area contributed by atoms with E-state index in [-0.39, 0.29) is 6.54 Å². The van der Waals surface area contributed by atoms with Crippen LogP contribution in [0.25, 0.3) is 0 Å². The lowest BCUT2D eigenvalue weighted by Crippen LogP contribution is -2.31. The van der Waals surface area contributed by atoms with Crippen molar-refractivity contribution in [3.8, 4) is 0 Å². The molecule has 0 radical (unpaired) electrons. The number of aldehydes is 1. The third-order valence-electron chi connectivity index (χ3n) is 1.46. The Kier molecular flexibility index (Phi) is 2.23. The van der Waals surface area contributed by atoms with Crippen LogP contribution in [0.1, 0.15) is 5.56 Å². The predicted octanol–water partition coefficient (Wildman–Crippen LogP) is -0.956. The van der Waals surface area contributed by atoms with Crippen molar-refractivity contribution in [2.45, 2.75) is 13.5 Å². The fourth-order valence-corrected chi connectivity index (χ4v) is 0.834. The summed E-state index contributed by atoms with van der Waals surface area (Å²) in [5.41, 5.74) is -0.559. The van der Waals surface area contributed by atoms with Gasteiger partial charge >= 0.3 is 5.69 Å². The van der Waals surface area contributed by atoms with Gasteiger partial charge in [0.15, 0.2) is 0 Å². The maximum Gasteiger partial charge on any atom is 0.328 e. The molecule has 0 atom stereocenters. The van der Waals surface area contributed by atoms with Crippen molar-refractivity contribution >= 4 is 6.29 Å². The second kappa shape index (κ2) is 3.17. The maximum atomic E-state index is 10.9. The van der Waals surface area contributed by atoms with Gasteiger partial charge in [-0.15, -0.1) is 0 Å². The molecule has 0 saturated carbocycles. The van der Waals surface area contributed by atoms with Crippen LogP contribution >= 0.6 is 0 Å². The van der Waals surface area contributed by atoms with Crippen LogP contribution in [0.2, 0.25) is 0 Å². The topological polar surface area (TPSA) is 71.9 Å². The van der Waals surface area contributed by atoms with Crippen molar-refractivity contribution in [1.29, 1.82) is 0 Å². The average molecular weight is 168 g/mol. The Morgan fingerprint density at radius 2 is 2.25 bits per heavy atom. The van der Waals surface area contributed by atoms with E-state index in [1.165, 1.54) is 6.20 Å². The van der Waals surface area contributed by atoms with E-state index in [1.807, 2.05) is 0 Å². The van der Waals surface area contributed by atoms with Gasteiger partial charge in [-0.1, -0.05) is 0 Å². The molecule has 5 nitrogen and oxygen atoms in total. The summed E-state index contributed by atoms with van der Waals surface area (Å²) in [7, 11) is 0. The standard InChI is InChI=1S/C7H8N2O3/c1-5-4-9(2-3-10)7(12)8-6(5)11/h3-4H,2H2,1H3,(H,8,11,12). The molecular formula is C7H8N2O3. The summed E-state index contributed by atoms with van der Waals surface area (Å²) in [6.45, 7) is 1.54. The highest BCUT2D eigenvalue weighted by molar-refractivity contribution is 5.48. The van der Waals surface area contributed by atoms with Crippen LogP contribution in [-0.2, 0) is 11.3 Å². The first kappa shape index (κ1) is 8.45. The number of aryl methyl sites for hydroxylation is 1. The fourth-order valence-electron chi connectivity index (χ4n) is 0.834. The van der Waals surface area contributed by atoms with E-state index in [2.05, 4.69) is 4.98 Å². The Labute approximate surface area is 67.7 Å². The summed E-state index contributed by atoms with van der Waals surface area (Å²) in [4.78, 5) is 33.9. The van der Waals surface area contributed by atoms with E-state index in [4.69, 9.17) is 0 Å². The molecule has 64 valence electrons. The van der Waals surface area contributed by atoms with Crippen LogP contribution in [0, 0.1) is 6.92 Å². The molecule has 0 aliphatic heterocycles. The Morgan fingerprint density at radius 3 is 2.83 bits per heavy atom. The van der Waals surface area contributed by atoms with E-state index >= 15 is 0 Å². The number of aromatic nitrogens is 2. The van der Waals surface area contributed by atoms with Crippen molar-refractivity contribution < 1.29 is 4.79 Å². The number of hydrogen-bond acceptors (Lipinski definition) is 3. The number of nitrogens with zero attached hydrogens (tertiary/aromatic N) is 1. The summed E-state index contributed by atoms with van der Waals surface area (Å²) in [6, 6.07) is 0. The van der Waals surface area contributed by atoms with E-state index in [0.717, 1.165) is 4.57 Å². The second-order valence-electron chi connectivity index (χ2n) is 2.39. The number of carbonyl (C=O) groups excluding carboxylic acids is 1. The predicted molar refractivity (Wildman–Crippen MR) is 42.1 cm³/mol. The van der Waals surface area contributed by atoms with Crippen molar-refractivity contribution in [3.63, 3.8) is 0 Å². The molecule has 1 rings (SSSR count). The Morgan fingerprint density at radius 1 is 1.58 bits per heavy atom. The van der Waals surface area contributed by atoms with Crippen molar-refractivity contribution in [3.05, 3.63) is 32.6 Å². The number of H-pyrrole nitrogens is 1. The molecule has 0 fully saturated rings. The SMILES string of the molecule is Cc1cn(CC=O)c(=O)[nH]c1=O. The Hall–Kier alpha value is -1.65. The monoisotopic (exact) mass is 168 g/mol. The highest BCUT2D eigenvalue weighted by Crippen LogP contribution is 1.81. The minimum atomic E-state index is -0.558. The van der Waals surface area contributed by atoms with E-state index < -0.39 is 11.2 Å². The highest BCUT2D eigenvalue weighted by atomic mass is 16.2. The zero-order valence-electron chi connectivity index (χ0n) is 6.53. The van der Waals surface area contributed by atoms with Gasteiger partial charge in [-0.05, 0) is 6.92 Å². The molecule has 0 saturated heterocycles. The van der Waals surface area contributed by atoms with E-state index in [0.29, 0.717) is 11.8 Å². The zero-order valence-corrected chi connectivity index (χ0v) is 6.53. The number of hydrogen-bond donors (Lipinski definition) is 1. The molecule has 0 spiro atoms. The van der Waals surface area contributed by atoms with Crippen LogP contribution in [-0.4, -0.2) is 15.8 Å². The molecule has 0 unspecified atom stereocenters. The lowest BCUT2D eigenvalue weighted by molar-refractivity contribution is -0.108. The van der Waals surface area contributed by atoms with Gasteiger partial charge < -0.3 is 4.79 Å². The molecule has 0 aliphatic rings. The molecule has 0 aromatic carbocycles. The summed E-state index contributed by atoms with van der Waals surface area (Å²) in [5, 5.41) is 0. The quantitative estimate of drug-likeness (QED) is 0.578. The van der Waals surface area contributed by atoms with Gasteiger partial charge in [0, 0.05) is 11.8 Å². The minimum absolute atomic E-state index is 0.0313. The number of carbonyl (C=O) groups is 1. The minimum Gasteiger partial charge on any atom is -0.301 e. The normalized spacial score (nSPS) is 9.75. The zero-order chi connectivity index (χ0) is 9.14. The molecule has 12 heavy (non-hydrogen) atoms. The Balaban J connectivity index is 3.32. The van der Waals surface area contributed by atoms with Crippen LogP contribution < -0.4 is 11.2 Å². The third kappa shape index (κ3) is 1.50. The molecule has 1 heterocycles. The molecule has 1 N–H and O–H groups in total. The number of rotatable bonds is 2. The molecule has 0 amide bonds. The van der Waals surface area contributed by atoms with E-state index in [9.17, 15) is 14.4 Å². The van der Waals surface area contributed by atoms with Gasteiger partial charge in [0.25, 0.3) is 5.56 Å². The smallest absolute Gasteiger partial charge is 0.301 e. The highest BCUT2D eigenvalue weighted by Gasteiger charge is 1.98. The lowest BCUT2D eigenvalue weighted by atomic mass is 10.4. The van der Waals surface area contributed by atoms with Gasteiger partial charge in [-0.2, -0.15) is 0 Å². The van der Waals surface area contributed by atoms with Crippen LogP contribution in [0.3, 0.4) is 0 Å². The van der Waals surface area contributed by atoms with Crippen molar-refractivity contribution in [2.75, 3.05) is 0 Å². The van der Waals surface area contributed by atoms with Gasteiger partial charge in [-0.25, -0.2) is 4.79 Å². The first-order valence-corrected chi connectivity index (χ1v) is 3.39. The van der Waals surface area contributed by atoms with Crippen LogP contribution in [0.5, 0.6) is 0 Å². The van der Waals surface area contributed by atoms with Crippen molar-refractivity contribution in [2.24, 2.45) is 0 Å². The van der Waals surface area contributed by atoms with Gasteiger partial charge in [0.05, 0.1) is 6.54 Å². The number of aromatic amines is 1. The van der Waals surface area contributed by atoms with Crippen LogP contribution in [0.15, 0.2) is 15.8 Å². The molecular weight excluding hydrogens is 160 g/mol. The maximum absolute atomic E-state index is 10.9. The summed E-state index contributed by atoms with van der Waals surface area (Å²) < 4.78 is 1.14. The van der Waals surface area contributed by atoms with E-state index in [1.54, 1.807) is 6.92 Å². The average Bonchev–Trinajstić information content (AvgIpc) is 2.01. The largest absolute Gasteiger partial charge is 0.328 e. The molecule has 0 bridgehead atoms. The van der Waals surface area contributed by atoms with Crippen LogP contribution in [0.4, 0.5) is 0 Å². The molecule has 1 aromatic heterocycles. The first-order valence-electron chi connectivity index (χ1n) is 3.39. The summed E-state index contributed by atoms with van der Waals surface area (Å²) >= 11 is 0.